The van der Waals surface area contributed by atoms with Gasteiger partial charge in [0.25, 0.3) is 5.91 Å². The number of oxime groups is 1. The van der Waals surface area contributed by atoms with Gasteiger partial charge in [0, 0.05) is 24.0 Å². The Morgan fingerprint density at radius 1 is 1.11 bits per heavy atom. The summed E-state index contributed by atoms with van der Waals surface area (Å²) in [6.07, 6.45) is 19.2. The first-order valence-electron chi connectivity index (χ1n) is 17.6. The van der Waals surface area contributed by atoms with E-state index in [-0.39, 0.29) is 34.9 Å². The molecule has 0 spiro atoms. The van der Waals surface area contributed by atoms with Gasteiger partial charge in [-0.3, -0.25) is 4.79 Å². The lowest BCUT2D eigenvalue weighted by Crippen LogP contribution is -2.54. The van der Waals surface area contributed by atoms with Crippen LogP contribution in [0.5, 0.6) is 0 Å². The van der Waals surface area contributed by atoms with Gasteiger partial charge in [0.1, 0.15) is 5.60 Å². The van der Waals surface area contributed by atoms with Crippen molar-refractivity contribution < 1.29 is 19.5 Å². The molecule has 6 rings (SSSR count). The highest BCUT2D eigenvalue weighted by Crippen LogP contribution is 2.67. The molecule has 1 saturated heterocycles. The van der Waals surface area contributed by atoms with Crippen LogP contribution in [-0.4, -0.2) is 48.2 Å². The molecule has 0 bridgehead atoms. The van der Waals surface area contributed by atoms with Gasteiger partial charge in [-0.2, -0.15) is 0 Å². The van der Waals surface area contributed by atoms with E-state index in [1.54, 1.807) is 0 Å². The second-order valence-corrected chi connectivity index (χ2v) is 15.7. The van der Waals surface area contributed by atoms with Gasteiger partial charge >= 0.3 is 0 Å². The van der Waals surface area contributed by atoms with Gasteiger partial charge in [-0.05, 0) is 111 Å². The first-order valence-corrected chi connectivity index (χ1v) is 17.6. The molecule has 6 nitrogen and oxygen atoms in total. The van der Waals surface area contributed by atoms with E-state index in [9.17, 15) is 9.90 Å². The summed E-state index contributed by atoms with van der Waals surface area (Å²) >= 11 is 0. The maximum atomic E-state index is 12.8. The minimum atomic E-state index is -0.958. The molecule has 1 heterocycles. The second-order valence-electron chi connectivity index (χ2n) is 15.7. The van der Waals surface area contributed by atoms with Crippen LogP contribution in [0.25, 0.3) is 0 Å². The predicted octanol–water partition coefficient (Wildman–Crippen LogP) is 6.97. The van der Waals surface area contributed by atoms with Gasteiger partial charge in [0.2, 0.25) is 0 Å². The summed E-state index contributed by atoms with van der Waals surface area (Å²) in [6, 6.07) is 10.7. The van der Waals surface area contributed by atoms with Gasteiger partial charge in [-0.1, -0.05) is 74.7 Å². The number of terminal acetylenes is 1. The molecule has 0 unspecified atom stereocenters. The third-order valence-corrected chi connectivity index (χ3v) is 13.3. The zero-order valence-corrected chi connectivity index (χ0v) is 27.9. The molecule has 1 amide bonds. The molecule has 0 aromatic heterocycles. The van der Waals surface area contributed by atoms with E-state index in [4.69, 9.17) is 16.0 Å². The summed E-state index contributed by atoms with van der Waals surface area (Å²) in [6.45, 7) is 10.4. The average molecular weight is 615 g/mol. The number of hydrogen-bond acceptors (Lipinski definition) is 5. The molecule has 244 valence electrons. The number of aliphatic hydroxyl groups is 1. The van der Waals surface area contributed by atoms with Crippen molar-refractivity contribution in [3.05, 3.63) is 47.5 Å². The van der Waals surface area contributed by atoms with E-state index < -0.39 is 5.60 Å². The summed E-state index contributed by atoms with van der Waals surface area (Å²) in [7, 11) is 0. The molecule has 1 aliphatic heterocycles. The van der Waals surface area contributed by atoms with Crippen molar-refractivity contribution in [2.45, 2.75) is 115 Å². The monoisotopic (exact) mass is 614 g/mol. The maximum absolute atomic E-state index is 12.8. The van der Waals surface area contributed by atoms with Crippen molar-refractivity contribution >= 4 is 11.6 Å². The van der Waals surface area contributed by atoms with Crippen molar-refractivity contribution in [1.82, 2.24) is 5.32 Å². The number of nitrogens with zero attached hydrogens (tertiary/aromatic N) is 1. The fraction of sp³-hybridized carbons (Fsp3) is 0.692. The third kappa shape index (κ3) is 5.78. The van der Waals surface area contributed by atoms with Crippen LogP contribution in [-0.2, 0) is 19.8 Å². The van der Waals surface area contributed by atoms with Crippen LogP contribution in [0.2, 0.25) is 0 Å². The molecular formula is C39H54N2O4. The number of benzene rings is 1. The van der Waals surface area contributed by atoms with Crippen LogP contribution in [0.15, 0.2) is 47.1 Å². The Balaban J connectivity index is 1.03. The van der Waals surface area contributed by atoms with Crippen LogP contribution in [0.4, 0.5) is 0 Å². The highest BCUT2D eigenvalue weighted by molar-refractivity contribution is 5.96. The van der Waals surface area contributed by atoms with Crippen LogP contribution in [0.3, 0.4) is 0 Å². The number of rotatable bonds is 8. The number of carbonyl (C=O) groups excluding carboxylic acids is 1. The van der Waals surface area contributed by atoms with Crippen molar-refractivity contribution in [2.24, 2.45) is 39.7 Å². The summed E-state index contributed by atoms with van der Waals surface area (Å²) in [5.41, 5.74) is 2.80. The quantitative estimate of drug-likeness (QED) is 0.245. The van der Waals surface area contributed by atoms with Gasteiger partial charge in [0.15, 0.2) is 6.61 Å². The number of fused-ring (bicyclic) bond motifs is 5. The van der Waals surface area contributed by atoms with Gasteiger partial charge < -0.3 is 20.0 Å². The van der Waals surface area contributed by atoms with Crippen molar-refractivity contribution in [3.8, 4) is 12.3 Å². The standard InChI is InChI=1S/C39H54N2O4/c1-6-39(43)19-16-33-31-13-12-29-24-30(14-17-36(29,4)32(31)15-18-37(33,39)5)41-45-26-35(42)40-22-20-38(28-10-8-7-9-11-28)21-23-44-34(25-38)27(2)3/h1,7-11,24,27,31-34,43H,12-23,25-26H2,2-5H3,(H,40,42)/b41-30-/t31-,32+,33+,34-,36+,37+,38+,39+/m1/s1. The van der Waals surface area contributed by atoms with Crippen molar-refractivity contribution in [2.75, 3.05) is 19.8 Å². The first kappa shape index (κ1) is 32.3. The highest BCUT2D eigenvalue weighted by Gasteiger charge is 2.63. The smallest absolute Gasteiger partial charge is 0.260 e. The van der Waals surface area contributed by atoms with Gasteiger partial charge in [0.05, 0.1) is 11.8 Å². The molecule has 4 aliphatic carbocycles. The SMILES string of the molecule is C#C[C@]1(O)CC[C@H]2[C@@H]3CCC4=C/C(=N\OCC(=O)NCC[C@]5(c6ccccc6)CCO[C@@H](C(C)C)C5)CC[C@]4(C)[C@H]3CC[C@@]21C. The lowest BCUT2D eigenvalue weighted by molar-refractivity contribution is -0.125. The summed E-state index contributed by atoms with van der Waals surface area (Å²) in [5.74, 6) is 4.86. The molecular weight excluding hydrogens is 560 g/mol. The Morgan fingerprint density at radius 3 is 2.64 bits per heavy atom. The Kier molecular flexibility index (Phi) is 9.00. The minimum absolute atomic E-state index is 0.00000715. The molecule has 45 heavy (non-hydrogen) atoms. The normalized spacial score (nSPS) is 40.1. The Bertz CT molecular complexity index is 1350. The first-order chi connectivity index (χ1) is 21.5. The Labute approximate surface area is 270 Å². The maximum Gasteiger partial charge on any atom is 0.260 e. The third-order valence-electron chi connectivity index (χ3n) is 13.3. The fourth-order valence-electron chi connectivity index (χ4n) is 10.4. The van der Waals surface area contributed by atoms with Crippen LogP contribution < -0.4 is 5.32 Å². The molecule has 1 aromatic carbocycles. The number of amides is 1. The van der Waals surface area contributed by atoms with E-state index >= 15 is 0 Å². The summed E-state index contributed by atoms with van der Waals surface area (Å²) < 4.78 is 6.11. The summed E-state index contributed by atoms with van der Waals surface area (Å²) in [4.78, 5) is 18.4. The largest absolute Gasteiger partial charge is 0.385 e. The second kappa shape index (κ2) is 12.5. The Hall–Kier alpha value is -2.62. The van der Waals surface area contributed by atoms with Gasteiger partial charge in [-0.25, -0.2) is 0 Å². The predicted molar refractivity (Wildman–Crippen MR) is 178 cm³/mol. The van der Waals surface area contributed by atoms with Crippen LogP contribution in [0, 0.1) is 46.8 Å². The lowest BCUT2D eigenvalue weighted by Gasteiger charge is -2.58. The van der Waals surface area contributed by atoms with Gasteiger partial charge in [-0.15, -0.1) is 6.42 Å². The number of ether oxygens (including phenoxy) is 1. The fourth-order valence-corrected chi connectivity index (χ4v) is 10.4. The van der Waals surface area contributed by atoms with Crippen molar-refractivity contribution in [1.29, 1.82) is 0 Å². The van der Waals surface area contributed by atoms with E-state index in [0.717, 1.165) is 82.9 Å². The van der Waals surface area contributed by atoms with Crippen LogP contribution in [0.1, 0.15) is 104 Å². The minimum Gasteiger partial charge on any atom is -0.385 e. The molecule has 6 heteroatoms. The van der Waals surface area contributed by atoms with E-state index in [1.807, 2.05) is 0 Å². The number of carbonyl (C=O) groups is 1. The topological polar surface area (TPSA) is 80.2 Å². The molecule has 2 N–H and O–H groups in total. The zero-order chi connectivity index (χ0) is 31.9. The molecule has 5 aliphatic rings. The number of allylic oxidation sites excluding steroid dienone is 2. The van der Waals surface area contributed by atoms with E-state index in [2.05, 4.69) is 80.5 Å². The molecule has 0 radical (unpaired) electrons. The lowest BCUT2D eigenvalue weighted by atomic mass is 9.46. The van der Waals surface area contributed by atoms with E-state index in [1.165, 1.54) is 11.1 Å². The summed E-state index contributed by atoms with van der Waals surface area (Å²) in [5, 5.41) is 18.8. The average Bonchev–Trinajstić information content (AvgIpc) is 3.32. The van der Waals surface area contributed by atoms with Crippen LogP contribution >= 0.6 is 0 Å². The molecule has 4 fully saturated rings. The number of nitrogens with one attached hydrogen (secondary N) is 1. The molecule has 1 aromatic rings. The van der Waals surface area contributed by atoms with Crippen molar-refractivity contribution in [3.63, 3.8) is 0 Å². The Morgan fingerprint density at radius 2 is 1.89 bits per heavy atom. The zero-order valence-electron chi connectivity index (χ0n) is 27.9. The highest BCUT2D eigenvalue weighted by atomic mass is 16.6. The number of hydrogen-bond donors (Lipinski definition) is 2. The van der Waals surface area contributed by atoms with E-state index in [0.29, 0.717) is 30.2 Å². The molecule has 3 saturated carbocycles. The molecule has 8 atom stereocenters.